The first-order valence-corrected chi connectivity index (χ1v) is 12.4. The van der Waals surface area contributed by atoms with Gasteiger partial charge in [-0.25, -0.2) is 13.8 Å². The van der Waals surface area contributed by atoms with Gasteiger partial charge in [0.2, 0.25) is 0 Å². The number of thiophene rings is 1. The summed E-state index contributed by atoms with van der Waals surface area (Å²) < 4.78 is 29.6. The average Bonchev–Trinajstić information content (AvgIpc) is 3.24. The Morgan fingerprint density at radius 3 is 2.77 bits per heavy atom. The van der Waals surface area contributed by atoms with Crippen LogP contribution in [-0.2, 0) is 25.9 Å². The van der Waals surface area contributed by atoms with Gasteiger partial charge >= 0.3 is 0 Å². The van der Waals surface area contributed by atoms with Gasteiger partial charge in [-0.1, -0.05) is 24.3 Å². The Hall–Kier alpha value is -3.49. The van der Waals surface area contributed by atoms with Gasteiger partial charge in [-0.15, -0.1) is 11.3 Å². The van der Waals surface area contributed by atoms with Gasteiger partial charge in [0.1, 0.15) is 16.5 Å². The molecule has 3 heterocycles. The van der Waals surface area contributed by atoms with Crippen LogP contribution in [0.3, 0.4) is 0 Å². The van der Waals surface area contributed by atoms with Crippen LogP contribution in [0, 0.1) is 11.6 Å². The lowest BCUT2D eigenvalue weighted by atomic mass is 9.93. The number of hydrogen-bond donors (Lipinski definition) is 1. The molecule has 0 radical (unpaired) electrons. The third kappa shape index (κ3) is 4.13. The van der Waals surface area contributed by atoms with E-state index in [-0.39, 0.29) is 23.7 Å². The second kappa shape index (κ2) is 8.94. The number of nitrogens with one attached hydrogen (secondary N) is 1. The number of rotatable bonds is 5. The molecule has 0 amide bonds. The molecule has 1 atom stereocenters. The van der Waals surface area contributed by atoms with Crippen LogP contribution in [0.25, 0.3) is 21.1 Å². The van der Waals surface area contributed by atoms with E-state index in [4.69, 9.17) is 0 Å². The van der Waals surface area contributed by atoms with Gasteiger partial charge in [-0.3, -0.25) is 14.3 Å². The summed E-state index contributed by atoms with van der Waals surface area (Å²) in [4.78, 5) is 24.4. The molecule has 0 unspecified atom stereocenters. The van der Waals surface area contributed by atoms with Gasteiger partial charge in [0.25, 0.3) is 5.56 Å². The van der Waals surface area contributed by atoms with Gasteiger partial charge in [0, 0.05) is 34.6 Å². The Kier molecular flexibility index (Phi) is 5.62. The van der Waals surface area contributed by atoms with E-state index in [1.54, 1.807) is 17.1 Å². The van der Waals surface area contributed by atoms with Crippen LogP contribution in [-0.4, -0.2) is 20.6 Å². The molecule has 0 aliphatic heterocycles. The Bertz CT molecular complexity index is 1610. The molecule has 5 nitrogen and oxygen atoms in total. The minimum Gasteiger partial charge on any atom is -0.309 e. The smallest absolute Gasteiger partial charge is 0.262 e. The molecule has 8 heteroatoms. The normalized spacial score (nSPS) is 15.5. The van der Waals surface area contributed by atoms with Crippen molar-refractivity contribution in [2.24, 2.45) is 0 Å². The standard InChI is InChI=1S/C27H22F2N4OS/c28-21-5-3-6-22(29)20(21)13-30-18-8-9-19-24(11-18)35-26-25(19)27(34)33(15-32-26)14-16-10-17-4-1-2-7-23(17)31-12-16/h1-7,10,12,15,18,30H,8-9,11,13-14H2/t18-/m0/s1. The maximum absolute atomic E-state index is 14.0. The minimum absolute atomic E-state index is 0.0412. The zero-order valence-corrected chi connectivity index (χ0v) is 19.6. The molecule has 1 aliphatic carbocycles. The first-order valence-electron chi connectivity index (χ1n) is 11.6. The van der Waals surface area contributed by atoms with Crippen molar-refractivity contribution in [1.29, 1.82) is 0 Å². The number of hydrogen-bond acceptors (Lipinski definition) is 5. The Morgan fingerprint density at radius 2 is 1.91 bits per heavy atom. The maximum Gasteiger partial charge on any atom is 0.262 e. The van der Waals surface area contributed by atoms with E-state index < -0.39 is 11.6 Å². The van der Waals surface area contributed by atoms with E-state index >= 15 is 0 Å². The van der Waals surface area contributed by atoms with Gasteiger partial charge in [-0.05, 0) is 54.7 Å². The van der Waals surface area contributed by atoms with Crippen LogP contribution in [0.5, 0.6) is 0 Å². The number of aromatic nitrogens is 3. The molecule has 0 spiro atoms. The van der Waals surface area contributed by atoms with Crippen LogP contribution in [0.15, 0.2) is 65.8 Å². The number of halogens is 2. The molecule has 0 saturated carbocycles. The molecule has 6 rings (SSSR count). The number of benzene rings is 2. The minimum atomic E-state index is -0.540. The molecular formula is C27H22F2N4OS. The molecular weight excluding hydrogens is 466 g/mol. The van der Waals surface area contributed by atoms with E-state index in [1.807, 2.05) is 24.3 Å². The SMILES string of the molecule is O=c1c2c3c(sc2ncn1Cc1cnc2ccccc2c1)C[C@@H](NCc1c(F)cccc1F)CC3. The van der Waals surface area contributed by atoms with Crippen molar-refractivity contribution in [3.8, 4) is 0 Å². The van der Waals surface area contributed by atoms with Crippen molar-refractivity contribution < 1.29 is 8.78 Å². The molecule has 1 N–H and O–H groups in total. The maximum atomic E-state index is 14.0. The molecule has 3 aromatic heterocycles. The zero-order chi connectivity index (χ0) is 23.9. The molecule has 1 aliphatic rings. The highest BCUT2D eigenvalue weighted by Crippen LogP contribution is 2.34. The lowest BCUT2D eigenvalue weighted by Gasteiger charge is -2.23. The highest BCUT2D eigenvalue weighted by molar-refractivity contribution is 7.18. The van der Waals surface area contributed by atoms with Gasteiger partial charge in [0.15, 0.2) is 0 Å². The van der Waals surface area contributed by atoms with Crippen LogP contribution >= 0.6 is 11.3 Å². The number of para-hydroxylation sites is 1. The number of aryl methyl sites for hydroxylation is 1. The van der Waals surface area contributed by atoms with Crippen molar-refractivity contribution in [2.75, 3.05) is 0 Å². The van der Waals surface area contributed by atoms with Crippen molar-refractivity contribution in [2.45, 2.75) is 38.4 Å². The van der Waals surface area contributed by atoms with Crippen molar-refractivity contribution >= 4 is 32.5 Å². The van der Waals surface area contributed by atoms with Crippen LogP contribution in [0.4, 0.5) is 8.78 Å². The van der Waals surface area contributed by atoms with E-state index in [9.17, 15) is 13.6 Å². The summed E-state index contributed by atoms with van der Waals surface area (Å²) in [5.74, 6) is -1.08. The fraction of sp³-hybridized carbons (Fsp3) is 0.222. The Labute approximate surface area is 204 Å². The molecule has 176 valence electrons. The monoisotopic (exact) mass is 488 g/mol. The topological polar surface area (TPSA) is 59.8 Å². The lowest BCUT2D eigenvalue weighted by Crippen LogP contribution is -2.34. The van der Waals surface area contributed by atoms with E-state index in [0.717, 1.165) is 44.6 Å². The molecule has 5 aromatic rings. The summed E-state index contributed by atoms with van der Waals surface area (Å²) in [6.07, 6.45) is 5.64. The summed E-state index contributed by atoms with van der Waals surface area (Å²) in [6.45, 7) is 0.539. The van der Waals surface area contributed by atoms with E-state index in [0.29, 0.717) is 18.4 Å². The summed E-state index contributed by atoms with van der Waals surface area (Å²) >= 11 is 1.54. The summed E-state index contributed by atoms with van der Waals surface area (Å²) in [7, 11) is 0. The lowest BCUT2D eigenvalue weighted by molar-refractivity contribution is 0.445. The van der Waals surface area contributed by atoms with Crippen LogP contribution < -0.4 is 10.9 Å². The van der Waals surface area contributed by atoms with Gasteiger partial charge in [-0.2, -0.15) is 0 Å². The highest BCUT2D eigenvalue weighted by atomic mass is 32.1. The van der Waals surface area contributed by atoms with E-state index in [2.05, 4.69) is 21.4 Å². The quantitative estimate of drug-likeness (QED) is 0.379. The van der Waals surface area contributed by atoms with Gasteiger partial charge < -0.3 is 5.32 Å². The third-order valence-electron chi connectivity index (χ3n) is 6.67. The van der Waals surface area contributed by atoms with Crippen LogP contribution in [0.2, 0.25) is 0 Å². The summed E-state index contributed by atoms with van der Waals surface area (Å²) in [5, 5.41) is 5.02. The predicted octanol–water partition coefficient (Wildman–Crippen LogP) is 4.98. The van der Waals surface area contributed by atoms with Crippen LogP contribution in [0.1, 0.15) is 28.0 Å². The second-order valence-electron chi connectivity index (χ2n) is 8.92. The van der Waals surface area contributed by atoms with Crippen molar-refractivity contribution in [3.63, 3.8) is 0 Å². The zero-order valence-electron chi connectivity index (χ0n) is 18.8. The molecule has 35 heavy (non-hydrogen) atoms. The van der Waals surface area contributed by atoms with Crippen molar-refractivity contribution in [3.05, 3.63) is 105 Å². The van der Waals surface area contributed by atoms with E-state index in [1.165, 1.54) is 29.5 Å². The predicted molar refractivity (Wildman–Crippen MR) is 134 cm³/mol. The fourth-order valence-corrected chi connectivity index (χ4v) is 6.09. The highest BCUT2D eigenvalue weighted by Gasteiger charge is 2.25. The number of nitrogens with zero attached hydrogens (tertiary/aromatic N) is 3. The summed E-state index contributed by atoms with van der Waals surface area (Å²) in [5.41, 5.74) is 2.94. The van der Waals surface area contributed by atoms with Gasteiger partial charge in [0.05, 0.1) is 23.8 Å². The number of pyridine rings is 1. The molecule has 0 fully saturated rings. The summed E-state index contributed by atoms with van der Waals surface area (Å²) in [6, 6.07) is 14.0. The Balaban J connectivity index is 1.24. The first-order chi connectivity index (χ1) is 17.1. The fourth-order valence-electron chi connectivity index (χ4n) is 4.84. The van der Waals surface area contributed by atoms with Crippen molar-refractivity contribution in [1.82, 2.24) is 19.9 Å². The Morgan fingerprint density at radius 1 is 1.09 bits per heavy atom. The second-order valence-corrected chi connectivity index (χ2v) is 10.0. The number of fused-ring (bicyclic) bond motifs is 4. The molecule has 0 saturated heterocycles. The largest absolute Gasteiger partial charge is 0.309 e. The first kappa shape index (κ1) is 22.0. The molecule has 2 aromatic carbocycles. The third-order valence-corrected chi connectivity index (χ3v) is 7.83. The average molecular weight is 489 g/mol. The molecule has 0 bridgehead atoms.